The average molecular weight is 416 g/mol. The summed E-state index contributed by atoms with van der Waals surface area (Å²) in [6.07, 6.45) is 2.73. The van der Waals surface area contributed by atoms with Crippen LogP contribution in [0.15, 0.2) is 15.9 Å². The summed E-state index contributed by atoms with van der Waals surface area (Å²) in [5.74, 6) is 0. The van der Waals surface area contributed by atoms with E-state index >= 15 is 0 Å². The molecule has 0 aliphatic carbocycles. The first kappa shape index (κ1) is 22.5. The van der Waals surface area contributed by atoms with Gasteiger partial charge in [0.05, 0.1) is 25.7 Å². The molecule has 0 saturated carbocycles. The summed E-state index contributed by atoms with van der Waals surface area (Å²) in [7, 11) is -1.54. The van der Waals surface area contributed by atoms with Crippen molar-refractivity contribution in [3.63, 3.8) is 0 Å². The second-order valence-corrected chi connectivity index (χ2v) is 8.37. The monoisotopic (exact) mass is 416 g/mol. The molecule has 0 aromatic carbocycles. The largest absolute Gasteiger partial charge is 0.361 e. The number of nitrogens with zero attached hydrogens (tertiary/aromatic N) is 4. The average Bonchev–Trinajstić information content (AvgIpc) is 3.08. The molecular formula is C17H29N4O6P. The number of fused-ring (bicyclic) bond motifs is 1. The van der Waals surface area contributed by atoms with E-state index in [2.05, 4.69) is 4.98 Å². The normalized spacial score (nSPS) is 12.1. The van der Waals surface area contributed by atoms with Crippen LogP contribution in [0.2, 0.25) is 0 Å². The van der Waals surface area contributed by atoms with Crippen LogP contribution in [0, 0.1) is 0 Å². The molecule has 0 spiro atoms. The van der Waals surface area contributed by atoms with Crippen molar-refractivity contribution in [3.8, 4) is 0 Å². The van der Waals surface area contributed by atoms with Crippen molar-refractivity contribution < 1.29 is 18.3 Å². The van der Waals surface area contributed by atoms with Crippen molar-refractivity contribution >= 4 is 18.8 Å². The van der Waals surface area contributed by atoms with Crippen molar-refractivity contribution in [2.45, 2.75) is 46.9 Å². The van der Waals surface area contributed by atoms with Crippen LogP contribution >= 0.6 is 7.60 Å². The van der Waals surface area contributed by atoms with Crippen LogP contribution in [0.4, 0.5) is 0 Å². The maximum atomic E-state index is 12.9. The van der Waals surface area contributed by atoms with Gasteiger partial charge in [-0.1, -0.05) is 0 Å². The van der Waals surface area contributed by atoms with E-state index in [0.29, 0.717) is 43.8 Å². The van der Waals surface area contributed by atoms with Crippen molar-refractivity contribution in [2.24, 2.45) is 7.05 Å². The minimum absolute atomic E-state index is 0.187. The van der Waals surface area contributed by atoms with E-state index in [-0.39, 0.29) is 19.4 Å². The molecule has 0 N–H and O–H groups in total. The van der Waals surface area contributed by atoms with Gasteiger partial charge in [0.2, 0.25) is 0 Å². The van der Waals surface area contributed by atoms with E-state index in [4.69, 9.17) is 13.8 Å². The summed E-state index contributed by atoms with van der Waals surface area (Å²) < 4.78 is 32.5. The first-order chi connectivity index (χ1) is 13.4. The molecule has 0 radical (unpaired) electrons. The molecule has 0 amide bonds. The third-order valence-electron chi connectivity index (χ3n) is 4.25. The molecule has 2 heterocycles. The Kier molecular flexibility index (Phi) is 8.18. The van der Waals surface area contributed by atoms with Gasteiger partial charge in [0, 0.05) is 20.2 Å². The van der Waals surface area contributed by atoms with Gasteiger partial charge in [-0.2, -0.15) is 0 Å². The van der Waals surface area contributed by atoms with Crippen LogP contribution < -0.4 is 11.2 Å². The Balaban J connectivity index is 2.19. The number of imidazole rings is 1. The molecular weight excluding hydrogens is 387 g/mol. The second-order valence-electron chi connectivity index (χ2n) is 6.18. The smallest absolute Gasteiger partial charge is 0.332 e. The standard InChI is InChI=1S/C17H29N4O6P/c1-5-25-13-20-12-18-15-14(20)16(22)21(17(23)19(15)4)10-8-9-11-28(24,26-6-2)27-7-3/h12H,5-11,13H2,1-4H3. The third-order valence-corrected chi connectivity index (χ3v) is 6.42. The Morgan fingerprint density at radius 1 is 1.07 bits per heavy atom. The minimum atomic E-state index is -3.12. The zero-order chi connectivity index (χ0) is 20.7. The lowest BCUT2D eigenvalue weighted by Gasteiger charge is -2.16. The fraction of sp³-hybridized carbons (Fsp3) is 0.706. The van der Waals surface area contributed by atoms with Gasteiger partial charge in [-0.15, -0.1) is 0 Å². The van der Waals surface area contributed by atoms with E-state index < -0.39 is 18.8 Å². The summed E-state index contributed by atoms with van der Waals surface area (Å²) in [6.45, 7) is 6.88. The molecule has 28 heavy (non-hydrogen) atoms. The van der Waals surface area contributed by atoms with E-state index in [9.17, 15) is 14.2 Å². The number of rotatable bonds is 12. The maximum Gasteiger partial charge on any atom is 0.332 e. The van der Waals surface area contributed by atoms with Gasteiger partial charge in [0.15, 0.2) is 11.2 Å². The van der Waals surface area contributed by atoms with Gasteiger partial charge in [-0.05, 0) is 33.6 Å². The van der Waals surface area contributed by atoms with Gasteiger partial charge in [-0.25, -0.2) is 9.78 Å². The Morgan fingerprint density at radius 3 is 2.36 bits per heavy atom. The predicted octanol–water partition coefficient (Wildman–Crippen LogP) is 1.94. The van der Waals surface area contributed by atoms with Gasteiger partial charge in [0.1, 0.15) is 6.73 Å². The number of ether oxygens (including phenoxy) is 1. The lowest BCUT2D eigenvalue weighted by atomic mass is 10.3. The topological polar surface area (TPSA) is 107 Å². The van der Waals surface area contributed by atoms with E-state index in [1.807, 2.05) is 6.92 Å². The van der Waals surface area contributed by atoms with Crippen LogP contribution in [0.25, 0.3) is 11.2 Å². The van der Waals surface area contributed by atoms with Crippen molar-refractivity contribution in [3.05, 3.63) is 27.2 Å². The number of hydrogen-bond donors (Lipinski definition) is 0. The number of aryl methyl sites for hydroxylation is 1. The number of unbranched alkanes of at least 4 members (excludes halogenated alkanes) is 1. The van der Waals surface area contributed by atoms with Crippen LogP contribution in [0.5, 0.6) is 0 Å². The number of hydrogen-bond acceptors (Lipinski definition) is 7. The SMILES string of the molecule is CCOCn1cnc2c1c(=O)n(CCCCP(=O)(OCC)OCC)c(=O)n2C. The van der Waals surface area contributed by atoms with Gasteiger partial charge in [-0.3, -0.25) is 18.5 Å². The van der Waals surface area contributed by atoms with Crippen molar-refractivity contribution in [1.82, 2.24) is 18.7 Å². The summed E-state index contributed by atoms with van der Waals surface area (Å²) in [5, 5.41) is 0. The Labute approximate surface area is 163 Å². The van der Waals surface area contributed by atoms with Gasteiger partial charge >= 0.3 is 13.3 Å². The fourth-order valence-electron chi connectivity index (χ4n) is 2.94. The van der Waals surface area contributed by atoms with E-state index in [1.54, 1.807) is 25.5 Å². The van der Waals surface area contributed by atoms with Crippen LogP contribution in [0.1, 0.15) is 33.6 Å². The molecule has 2 aromatic heterocycles. The minimum Gasteiger partial charge on any atom is -0.361 e. The Hall–Kier alpha value is -1.74. The third kappa shape index (κ3) is 5.00. The van der Waals surface area contributed by atoms with E-state index in [1.165, 1.54) is 15.5 Å². The highest BCUT2D eigenvalue weighted by molar-refractivity contribution is 7.53. The summed E-state index contributed by atoms with van der Waals surface area (Å²) in [6, 6.07) is 0. The summed E-state index contributed by atoms with van der Waals surface area (Å²) in [5.41, 5.74) is -0.196. The maximum absolute atomic E-state index is 12.9. The molecule has 0 unspecified atom stereocenters. The molecule has 10 nitrogen and oxygen atoms in total. The molecule has 0 fully saturated rings. The first-order valence-electron chi connectivity index (χ1n) is 9.49. The number of aromatic nitrogens is 4. The van der Waals surface area contributed by atoms with Crippen LogP contribution in [0.3, 0.4) is 0 Å². The quantitative estimate of drug-likeness (QED) is 0.384. The fourth-order valence-corrected chi connectivity index (χ4v) is 4.67. The zero-order valence-electron chi connectivity index (χ0n) is 16.9. The Bertz CT molecular complexity index is 937. The molecule has 0 atom stereocenters. The highest BCUT2D eigenvalue weighted by atomic mass is 31.2. The molecule has 158 valence electrons. The molecule has 11 heteroatoms. The highest BCUT2D eigenvalue weighted by Gasteiger charge is 2.23. The zero-order valence-corrected chi connectivity index (χ0v) is 17.8. The summed E-state index contributed by atoms with van der Waals surface area (Å²) >= 11 is 0. The predicted molar refractivity (Wildman–Crippen MR) is 106 cm³/mol. The molecule has 0 bridgehead atoms. The molecule has 0 aliphatic rings. The highest BCUT2D eigenvalue weighted by Crippen LogP contribution is 2.48. The molecule has 0 aliphatic heterocycles. The molecule has 2 aromatic rings. The summed E-state index contributed by atoms with van der Waals surface area (Å²) in [4.78, 5) is 29.6. The van der Waals surface area contributed by atoms with Crippen LogP contribution in [-0.4, -0.2) is 44.7 Å². The van der Waals surface area contributed by atoms with E-state index in [0.717, 1.165) is 0 Å². The Morgan fingerprint density at radius 2 is 1.75 bits per heavy atom. The van der Waals surface area contributed by atoms with Crippen molar-refractivity contribution in [1.29, 1.82) is 0 Å². The van der Waals surface area contributed by atoms with Gasteiger partial charge < -0.3 is 18.4 Å². The first-order valence-corrected chi connectivity index (χ1v) is 11.2. The lowest BCUT2D eigenvalue weighted by Crippen LogP contribution is -2.39. The molecule has 0 saturated heterocycles. The molecule has 2 rings (SSSR count). The van der Waals surface area contributed by atoms with Gasteiger partial charge in [0.25, 0.3) is 5.56 Å². The van der Waals surface area contributed by atoms with Crippen LogP contribution in [-0.2, 0) is 38.7 Å². The lowest BCUT2D eigenvalue weighted by molar-refractivity contribution is 0.0903. The van der Waals surface area contributed by atoms with Crippen molar-refractivity contribution in [2.75, 3.05) is 26.0 Å². The second kappa shape index (κ2) is 10.2.